The molecule has 3 rings (SSSR count). The molecule has 0 spiro atoms. The van der Waals surface area contributed by atoms with E-state index in [0.717, 1.165) is 63.9 Å². The van der Waals surface area contributed by atoms with E-state index in [-0.39, 0.29) is 22.7 Å². The standard InChI is InChI=1S/C7H5ClF3N.C5H11NO.C5H9NO/c8-5-1-4(7(9,10)11)2-6(12)3-5;7-5-1-3-6-4-2-5;7-5-3-1-2-4-6-5/h1-3H,12H2;5-7H,1-4H2;1-4H2,(H,6,7). The highest BCUT2D eigenvalue weighted by Gasteiger charge is 2.30. The number of amides is 1. The minimum absolute atomic E-state index is 0.00910. The molecule has 0 radical (unpaired) electrons. The maximum absolute atomic E-state index is 12.0. The number of benzene rings is 1. The molecule has 5 N–H and O–H groups in total. The molecule has 1 aromatic rings. The zero-order valence-electron chi connectivity index (χ0n) is 14.4. The van der Waals surface area contributed by atoms with Crippen LogP contribution in [0.2, 0.25) is 5.02 Å². The average Bonchev–Trinajstić information content (AvgIpc) is 2.56. The first-order valence-corrected chi connectivity index (χ1v) is 8.85. The van der Waals surface area contributed by atoms with E-state index in [9.17, 15) is 18.0 Å². The van der Waals surface area contributed by atoms with Crippen LogP contribution in [0.15, 0.2) is 18.2 Å². The number of nitrogens with two attached hydrogens (primary N) is 1. The molecule has 2 aliphatic rings. The Bertz CT molecular complexity index is 536. The van der Waals surface area contributed by atoms with Crippen LogP contribution in [-0.4, -0.2) is 36.8 Å². The lowest BCUT2D eigenvalue weighted by Gasteiger charge is -2.16. The maximum Gasteiger partial charge on any atom is 0.416 e. The Balaban J connectivity index is 0.000000207. The summed E-state index contributed by atoms with van der Waals surface area (Å²) in [4.78, 5) is 10.4. The van der Waals surface area contributed by atoms with Crippen LogP contribution < -0.4 is 16.4 Å². The molecular formula is C17H25ClF3N3O2. The van der Waals surface area contributed by atoms with Crippen LogP contribution in [-0.2, 0) is 11.0 Å². The van der Waals surface area contributed by atoms with Crippen molar-refractivity contribution in [1.82, 2.24) is 10.6 Å². The summed E-state index contributed by atoms with van der Waals surface area (Å²) in [6, 6.07) is 2.93. The average molecular weight is 396 g/mol. The molecule has 2 saturated heterocycles. The van der Waals surface area contributed by atoms with Gasteiger partial charge in [-0.15, -0.1) is 0 Å². The summed E-state index contributed by atoms with van der Waals surface area (Å²) < 4.78 is 36.1. The third-order valence-electron chi connectivity index (χ3n) is 3.71. The Labute approximate surface area is 156 Å². The summed E-state index contributed by atoms with van der Waals surface area (Å²) in [6.45, 7) is 2.86. The van der Waals surface area contributed by atoms with Gasteiger partial charge in [0.15, 0.2) is 0 Å². The van der Waals surface area contributed by atoms with Gasteiger partial charge in [-0.1, -0.05) is 11.6 Å². The monoisotopic (exact) mass is 395 g/mol. The van der Waals surface area contributed by atoms with Gasteiger partial charge >= 0.3 is 6.18 Å². The molecule has 2 aliphatic heterocycles. The highest BCUT2D eigenvalue weighted by Crippen LogP contribution is 2.32. The molecule has 0 unspecified atom stereocenters. The van der Waals surface area contributed by atoms with Gasteiger partial charge in [0, 0.05) is 23.7 Å². The summed E-state index contributed by atoms with van der Waals surface area (Å²) in [5, 5.41) is 14.8. The van der Waals surface area contributed by atoms with Crippen molar-refractivity contribution < 1.29 is 23.1 Å². The number of hydrogen-bond donors (Lipinski definition) is 4. The molecule has 0 aromatic heterocycles. The van der Waals surface area contributed by atoms with Crippen molar-refractivity contribution >= 4 is 23.2 Å². The molecular weight excluding hydrogens is 371 g/mol. The molecule has 9 heteroatoms. The van der Waals surface area contributed by atoms with E-state index >= 15 is 0 Å². The van der Waals surface area contributed by atoms with Gasteiger partial charge in [0.25, 0.3) is 0 Å². The molecule has 26 heavy (non-hydrogen) atoms. The van der Waals surface area contributed by atoms with E-state index in [2.05, 4.69) is 10.6 Å². The fourth-order valence-corrected chi connectivity index (χ4v) is 2.55. The fourth-order valence-electron chi connectivity index (χ4n) is 2.31. The summed E-state index contributed by atoms with van der Waals surface area (Å²) in [5.74, 6) is 0.214. The zero-order chi connectivity index (χ0) is 19.6. The van der Waals surface area contributed by atoms with Crippen molar-refractivity contribution in [1.29, 1.82) is 0 Å². The van der Waals surface area contributed by atoms with Crippen molar-refractivity contribution in [3.05, 3.63) is 28.8 Å². The van der Waals surface area contributed by atoms with Crippen LogP contribution in [0.3, 0.4) is 0 Å². The lowest BCUT2D eigenvalue weighted by Crippen LogP contribution is -2.30. The second-order valence-corrected chi connectivity index (χ2v) is 6.50. The first-order chi connectivity index (χ1) is 12.2. The quantitative estimate of drug-likeness (QED) is 0.509. The van der Waals surface area contributed by atoms with Crippen molar-refractivity contribution in [2.75, 3.05) is 25.4 Å². The maximum atomic E-state index is 12.0. The van der Waals surface area contributed by atoms with E-state index < -0.39 is 11.7 Å². The van der Waals surface area contributed by atoms with Gasteiger partial charge in [0.2, 0.25) is 5.91 Å². The van der Waals surface area contributed by atoms with E-state index in [1.54, 1.807) is 0 Å². The Morgan fingerprint density at radius 2 is 1.77 bits per heavy atom. The minimum Gasteiger partial charge on any atom is -0.399 e. The highest BCUT2D eigenvalue weighted by atomic mass is 35.5. The van der Waals surface area contributed by atoms with Gasteiger partial charge in [-0.2, -0.15) is 13.2 Å². The molecule has 2 fully saturated rings. The first kappa shape index (κ1) is 22.5. The molecule has 0 saturated carbocycles. The van der Waals surface area contributed by atoms with Gasteiger partial charge in [-0.25, -0.2) is 0 Å². The van der Waals surface area contributed by atoms with Crippen LogP contribution in [0.5, 0.6) is 0 Å². The predicted molar refractivity (Wildman–Crippen MR) is 95.8 cm³/mol. The lowest BCUT2D eigenvalue weighted by atomic mass is 10.1. The summed E-state index contributed by atoms with van der Waals surface area (Å²) in [5.41, 5.74) is 4.35. The normalized spacial score (nSPS) is 18.0. The number of rotatable bonds is 0. The predicted octanol–water partition coefficient (Wildman–Crippen LogP) is 2.96. The molecule has 1 aromatic carbocycles. The van der Waals surface area contributed by atoms with Gasteiger partial charge in [-0.05, 0) is 57.0 Å². The smallest absolute Gasteiger partial charge is 0.399 e. The van der Waals surface area contributed by atoms with E-state index in [1.165, 1.54) is 6.07 Å². The largest absolute Gasteiger partial charge is 0.416 e. The molecule has 148 valence electrons. The van der Waals surface area contributed by atoms with E-state index in [0.29, 0.717) is 0 Å². The number of aliphatic hydroxyl groups excluding tert-OH is 1. The van der Waals surface area contributed by atoms with Crippen molar-refractivity contribution in [2.24, 2.45) is 0 Å². The van der Waals surface area contributed by atoms with Crippen LogP contribution >= 0.6 is 11.6 Å². The number of hydrogen-bond acceptors (Lipinski definition) is 4. The van der Waals surface area contributed by atoms with Crippen molar-refractivity contribution in [3.63, 3.8) is 0 Å². The van der Waals surface area contributed by atoms with E-state index in [1.807, 2.05) is 0 Å². The Morgan fingerprint density at radius 3 is 2.12 bits per heavy atom. The van der Waals surface area contributed by atoms with E-state index in [4.69, 9.17) is 22.4 Å². The molecule has 0 atom stereocenters. The molecule has 5 nitrogen and oxygen atoms in total. The third kappa shape index (κ3) is 9.84. The number of alkyl halides is 3. The Hall–Kier alpha value is -1.51. The number of halogens is 4. The van der Waals surface area contributed by atoms with Gasteiger partial charge in [0.1, 0.15) is 0 Å². The number of aliphatic hydroxyl groups is 1. The highest BCUT2D eigenvalue weighted by molar-refractivity contribution is 6.30. The topological polar surface area (TPSA) is 87.4 Å². The number of anilines is 1. The number of carbonyl (C=O) groups excluding carboxylic acids is 1. The zero-order valence-corrected chi connectivity index (χ0v) is 15.2. The van der Waals surface area contributed by atoms with Crippen LogP contribution in [0.4, 0.5) is 18.9 Å². The van der Waals surface area contributed by atoms with Crippen molar-refractivity contribution in [2.45, 2.75) is 44.4 Å². The molecule has 1 amide bonds. The molecule has 0 aliphatic carbocycles. The van der Waals surface area contributed by atoms with Crippen LogP contribution in [0.1, 0.15) is 37.7 Å². The number of nitrogen functional groups attached to an aromatic ring is 1. The van der Waals surface area contributed by atoms with Gasteiger partial charge < -0.3 is 21.5 Å². The van der Waals surface area contributed by atoms with Gasteiger partial charge in [-0.3, -0.25) is 4.79 Å². The third-order valence-corrected chi connectivity index (χ3v) is 3.93. The summed E-state index contributed by atoms with van der Waals surface area (Å²) in [7, 11) is 0. The SMILES string of the molecule is Nc1cc(Cl)cc(C(F)(F)F)c1.O=C1CCCCN1.OC1CCNCC1. The Kier molecular flexibility index (Phi) is 9.75. The van der Waals surface area contributed by atoms with Gasteiger partial charge in [0.05, 0.1) is 11.7 Å². The number of nitrogens with one attached hydrogen (secondary N) is 2. The fraction of sp³-hybridized carbons (Fsp3) is 0.588. The Morgan fingerprint density at radius 1 is 1.12 bits per heavy atom. The summed E-state index contributed by atoms with van der Waals surface area (Å²) in [6.07, 6.45) is 0.414. The molecule has 0 bridgehead atoms. The minimum atomic E-state index is -4.39. The first-order valence-electron chi connectivity index (χ1n) is 8.47. The van der Waals surface area contributed by atoms with Crippen molar-refractivity contribution in [3.8, 4) is 0 Å². The van der Waals surface area contributed by atoms with Crippen LogP contribution in [0, 0.1) is 0 Å². The number of carbonyl (C=O) groups is 1. The second kappa shape index (κ2) is 11.3. The second-order valence-electron chi connectivity index (χ2n) is 6.06. The number of piperidine rings is 2. The lowest BCUT2D eigenvalue weighted by molar-refractivity contribution is -0.137. The van der Waals surface area contributed by atoms with Crippen LogP contribution in [0.25, 0.3) is 0 Å². The summed E-state index contributed by atoms with van der Waals surface area (Å²) >= 11 is 5.38. The molecule has 2 heterocycles.